The van der Waals surface area contributed by atoms with Gasteiger partial charge in [-0.2, -0.15) is 5.10 Å². The quantitative estimate of drug-likeness (QED) is 0.683. The molecule has 28 heavy (non-hydrogen) atoms. The molecule has 0 bridgehead atoms. The lowest BCUT2D eigenvalue weighted by molar-refractivity contribution is 0.0953. The van der Waals surface area contributed by atoms with Crippen molar-refractivity contribution >= 4 is 5.91 Å². The second-order valence-electron chi connectivity index (χ2n) is 6.59. The molecule has 0 aliphatic carbocycles. The summed E-state index contributed by atoms with van der Waals surface area (Å²) in [6.45, 7) is 4.45. The van der Waals surface area contributed by atoms with Gasteiger partial charge in [0.2, 0.25) is 0 Å². The molecule has 1 amide bonds. The maximum Gasteiger partial charge on any atom is 0.254 e. The minimum absolute atomic E-state index is 0.128. The number of hydrogen-bond donors (Lipinski definition) is 1. The molecule has 2 aromatic carbocycles. The summed E-state index contributed by atoms with van der Waals surface area (Å²) in [5.41, 5.74) is 4.54. The Hall–Kier alpha value is -3.28. The Bertz CT molecular complexity index is 979. The Balaban J connectivity index is 1.64. The number of hydrogen-bond acceptors (Lipinski definition) is 4. The predicted octanol–water partition coefficient (Wildman–Crippen LogP) is 3.48. The molecule has 0 saturated heterocycles. The van der Waals surface area contributed by atoms with E-state index in [4.69, 9.17) is 9.47 Å². The molecule has 0 radical (unpaired) electrons. The van der Waals surface area contributed by atoms with Crippen molar-refractivity contribution in [2.45, 2.75) is 20.3 Å². The summed E-state index contributed by atoms with van der Waals surface area (Å²) in [6.07, 6.45) is 2.31. The van der Waals surface area contributed by atoms with E-state index in [0.29, 0.717) is 30.0 Å². The van der Waals surface area contributed by atoms with Gasteiger partial charge in [0.25, 0.3) is 5.91 Å². The standard InChI is InChI=1S/C22H25N3O3/c1-15-6-5-7-18(12-15)25-16(2)19(14-24-25)22(26)23-11-10-17-8-9-20(27-3)21(13-17)28-4/h5-9,12-14H,10-11H2,1-4H3,(H,23,26). The van der Waals surface area contributed by atoms with Crippen molar-refractivity contribution in [3.8, 4) is 17.2 Å². The molecule has 3 rings (SSSR count). The van der Waals surface area contributed by atoms with Crippen LogP contribution in [0.3, 0.4) is 0 Å². The average molecular weight is 379 g/mol. The maximum absolute atomic E-state index is 12.6. The highest BCUT2D eigenvalue weighted by Gasteiger charge is 2.15. The van der Waals surface area contributed by atoms with Crippen LogP contribution in [0, 0.1) is 13.8 Å². The van der Waals surface area contributed by atoms with Gasteiger partial charge in [0.15, 0.2) is 11.5 Å². The first-order valence-electron chi connectivity index (χ1n) is 9.14. The third-order valence-electron chi connectivity index (χ3n) is 4.65. The molecule has 1 heterocycles. The largest absolute Gasteiger partial charge is 0.493 e. The zero-order valence-electron chi connectivity index (χ0n) is 16.7. The fourth-order valence-corrected chi connectivity index (χ4v) is 3.10. The smallest absolute Gasteiger partial charge is 0.254 e. The molecule has 146 valence electrons. The maximum atomic E-state index is 12.6. The van der Waals surface area contributed by atoms with Crippen molar-refractivity contribution in [1.82, 2.24) is 15.1 Å². The fraction of sp³-hybridized carbons (Fsp3) is 0.273. The number of methoxy groups -OCH3 is 2. The summed E-state index contributed by atoms with van der Waals surface area (Å²) in [5.74, 6) is 1.24. The molecule has 6 heteroatoms. The van der Waals surface area contributed by atoms with Gasteiger partial charge in [-0.25, -0.2) is 4.68 Å². The van der Waals surface area contributed by atoms with Crippen molar-refractivity contribution in [2.75, 3.05) is 20.8 Å². The number of carbonyl (C=O) groups excluding carboxylic acids is 1. The number of rotatable bonds is 7. The van der Waals surface area contributed by atoms with Crippen LogP contribution in [0.4, 0.5) is 0 Å². The highest BCUT2D eigenvalue weighted by atomic mass is 16.5. The number of aromatic nitrogens is 2. The molecular formula is C22H25N3O3. The zero-order valence-corrected chi connectivity index (χ0v) is 16.7. The van der Waals surface area contributed by atoms with E-state index in [1.807, 2.05) is 56.3 Å². The number of amides is 1. The first-order valence-corrected chi connectivity index (χ1v) is 9.14. The van der Waals surface area contributed by atoms with Crippen molar-refractivity contribution < 1.29 is 14.3 Å². The van der Waals surface area contributed by atoms with Gasteiger partial charge in [-0.15, -0.1) is 0 Å². The first kappa shape index (κ1) is 19.5. The van der Waals surface area contributed by atoms with E-state index in [9.17, 15) is 4.79 Å². The van der Waals surface area contributed by atoms with Crippen molar-refractivity contribution in [3.63, 3.8) is 0 Å². The second-order valence-corrected chi connectivity index (χ2v) is 6.59. The molecule has 1 aromatic heterocycles. The van der Waals surface area contributed by atoms with Crippen LogP contribution in [-0.2, 0) is 6.42 Å². The molecule has 3 aromatic rings. The fourth-order valence-electron chi connectivity index (χ4n) is 3.10. The second kappa shape index (κ2) is 8.61. The van der Waals surface area contributed by atoms with Gasteiger partial charge < -0.3 is 14.8 Å². The third-order valence-corrected chi connectivity index (χ3v) is 4.65. The molecule has 0 aliphatic heterocycles. The molecule has 0 fully saturated rings. The Labute approximate surface area is 165 Å². The van der Waals surface area contributed by atoms with Crippen LogP contribution in [-0.4, -0.2) is 36.5 Å². The van der Waals surface area contributed by atoms with Gasteiger partial charge >= 0.3 is 0 Å². The molecule has 0 spiro atoms. The number of carbonyl (C=O) groups is 1. The van der Waals surface area contributed by atoms with Gasteiger partial charge in [-0.1, -0.05) is 18.2 Å². The molecule has 0 unspecified atom stereocenters. The average Bonchev–Trinajstić information content (AvgIpc) is 3.09. The van der Waals surface area contributed by atoms with E-state index in [2.05, 4.69) is 10.4 Å². The van der Waals surface area contributed by atoms with Gasteiger partial charge in [0, 0.05) is 6.54 Å². The van der Waals surface area contributed by atoms with Crippen molar-refractivity contribution in [1.29, 1.82) is 0 Å². The van der Waals surface area contributed by atoms with Crippen LogP contribution >= 0.6 is 0 Å². The highest BCUT2D eigenvalue weighted by Crippen LogP contribution is 2.27. The SMILES string of the molecule is COc1ccc(CCNC(=O)c2cnn(-c3cccc(C)c3)c2C)cc1OC. The molecule has 0 atom stereocenters. The van der Waals surface area contributed by atoms with Gasteiger partial charge in [-0.3, -0.25) is 4.79 Å². The van der Waals surface area contributed by atoms with Gasteiger partial charge in [0.05, 0.1) is 37.4 Å². The number of nitrogens with one attached hydrogen (secondary N) is 1. The van der Waals surface area contributed by atoms with E-state index in [1.54, 1.807) is 25.1 Å². The highest BCUT2D eigenvalue weighted by molar-refractivity contribution is 5.95. The zero-order chi connectivity index (χ0) is 20.1. The van der Waals surface area contributed by atoms with Crippen LogP contribution in [0.5, 0.6) is 11.5 Å². The lowest BCUT2D eigenvalue weighted by Crippen LogP contribution is -2.26. The van der Waals surface area contributed by atoms with E-state index in [-0.39, 0.29) is 5.91 Å². The molecule has 0 saturated carbocycles. The summed E-state index contributed by atoms with van der Waals surface area (Å²) in [4.78, 5) is 12.6. The van der Waals surface area contributed by atoms with Gasteiger partial charge in [0.1, 0.15) is 0 Å². The number of ether oxygens (including phenoxy) is 2. The van der Waals surface area contributed by atoms with E-state index in [0.717, 1.165) is 22.5 Å². The molecule has 1 N–H and O–H groups in total. The van der Waals surface area contributed by atoms with E-state index in [1.165, 1.54) is 0 Å². The lowest BCUT2D eigenvalue weighted by atomic mass is 10.1. The van der Waals surface area contributed by atoms with Crippen LogP contribution < -0.4 is 14.8 Å². The lowest BCUT2D eigenvalue weighted by Gasteiger charge is -2.10. The monoisotopic (exact) mass is 379 g/mol. The third kappa shape index (κ3) is 4.17. The Kier molecular flexibility index (Phi) is 5.99. The van der Waals surface area contributed by atoms with Crippen LogP contribution in [0.1, 0.15) is 27.2 Å². The predicted molar refractivity (Wildman–Crippen MR) is 109 cm³/mol. The normalized spacial score (nSPS) is 10.6. The van der Waals surface area contributed by atoms with Crippen molar-refractivity contribution in [2.24, 2.45) is 0 Å². The Morgan fingerprint density at radius 3 is 2.57 bits per heavy atom. The summed E-state index contributed by atoms with van der Waals surface area (Å²) in [5, 5.41) is 7.35. The summed E-state index contributed by atoms with van der Waals surface area (Å²) >= 11 is 0. The summed E-state index contributed by atoms with van der Waals surface area (Å²) in [6, 6.07) is 13.8. The number of aryl methyl sites for hydroxylation is 1. The van der Waals surface area contributed by atoms with Crippen molar-refractivity contribution in [3.05, 3.63) is 71.0 Å². The minimum atomic E-state index is -0.128. The molecular weight excluding hydrogens is 354 g/mol. The molecule has 0 aliphatic rings. The van der Waals surface area contributed by atoms with E-state index < -0.39 is 0 Å². The summed E-state index contributed by atoms with van der Waals surface area (Å²) < 4.78 is 12.4. The van der Waals surface area contributed by atoms with Crippen LogP contribution in [0.2, 0.25) is 0 Å². The first-order chi connectivity index (χ1) is 13.5. The number of nitrogens with zero attached hydrogens (tertiary/aromatic N) is 2. The van der Waals surface area contributed by atoms with Crippen LogP contribution in [0.25, 0.3) is 5.69 Å². The minimum Gasteiger partial charge on any atom is -0.493 e. The van der Waals surface area contributed by atoms with Crippen LogP contribution in [0.15, 0.2) is 48.7 Å². The van der Waals surface area contributed by atoms with E-state index >= 15 is 0 Å². The Morgan fingerprint density at radius 2 is 1.86 bits per heavy atom. The van der Waals surface area contributed by atoms with Gasteiger partial charge in [-0.05, 0) is 55.7 Å². The summed E-state index contributed by atoms with van der Waals surface area (Å²) in [7, 11) is 3.22. The number of benzene rings is 2. The topological polar surface area (TPSA) is 65.4 Å². The Morgan fingerprint density at radius 1 is 1.07 bits per heavy atom. The molecule has 6 nitrogen and oxygen atoms in total.